The molecule has 2 aromatic rings. The van der Waals surface area contributed by atoms with Crippen LogP contribution in [-0.2, 0) is 0 Å². The van der Waals surface area contributed by atoms with Crippen molar-refractivity contribution in [3.63, 3.8) is 0 Å². The Bertz CT molecular complexity index is 624. The molecule has 7 nitrogen and oxygen atoms in total. The molecule has 0 amide bonds. The van der Waals surface area contributed by atoms with Crippen LogP contribution < -0.4 is 11.1 Å². The number of benzene rings is 1. The fraction of sp³-hybridized carbons (Fsp3) is 0.417. The largest absolute Gasteiger partial charge is 0.352 e. The lowest BCUT2D eigenvalue weighted by molar-refractivity contribution is -0.384. The maximum Gasteiger partial charge on any atom is 0.271 e. The van der Waals surface area contributed by atoms with Gasteiger partial charge in [0.1, 0.15) is 0 Å². The molecule has 1 saturated carbocycles. The van der Waals surface area contributed by atoms with E-state index in [1.807, 2.05) is 0 Å². The predicted octanol–water partition coefficient (Wildman–Crippen LogP) is 1.76. The third-order valence-corrected chi connectivity index (χ3v) is 3.57. The minimum Gasteiger partial charge on any atom is -0.352 e. The lowest BCUT2D eigenvalue weighted by Crippen LogP contribution is -2.35. The molecule has 1 aliphatic carbocycles. The van der Waals surface area contributed by atoms with Gasteiger partial charge in [0.25, 0.3) is 5.69 Å². The van der Waals surface area contributed by atoms with Gasteiger partial charge in [-0.3, -0.25) is 10.1 Å². The Morgan fingerprint density at radius 3 is 3.00 bits per heavy atom. The second kappa shape index (κ2) is 4.51. The van der Waals surface area contributed by atoms with Gasteiger partial charge in [-0.05, 0) is 25.3 Å². The van der Waals surface area contributed by atoms with E-state index in [9.17, 15) is 10.1 Å². The van der Waals surface area contributed by atoms with E-state index >= 15 is 0 Å². The van der Waals surface area contributed by atoms with E-state index < -0.39 is 4.92 Å². The summed E-state index contributed by atoms with van der Waals surface area (Å²) >= 11 is 0. The van der Waals surface area contributed by atoms with Gasteiger partial charge >= 0.3 is 0 Å². The lowest BCUT2D eigenvalue weighted by atomic mass is 10.2. The quantitative estimate of drug-likeness (QED) is 0.576. The maximum atomic E-state index is 10.7. The van der Waals surface area contributed by atoms with Gasteiger partial charge < -0.3 is 16.0 Å². The number of non-ortho nitro benzene ring substituents is 1. The molecule has 3 rings (SSSR count). The molecule has 4 N–H and O–H groups in total. The summed E-state index contributed by atoms with van der Waals surface area (Å²) in [7, 11) is 0. The summed E-state index contributed by atoms with van der Waals surface area (Å²) in [5.41, 5.74) is 7.41. The molecule has 1 aromatic carbocycles. The van der Waals surface area contributed by atoms with Crippen LogP contribution >= 0.6 is 0 Å². The van der Waals surface area contributed by atoms with Gasteiger partial charge in [0.15, 0.2) is 0 Å². The number of nitrogens with two attached hydrogens (primary N) is 1. The van der Waals surface area contributed by atoms with Crippen LogP contribution in [-0.4, -0.2) is 27.0 Å². The number of nitrogens with one attached hydrogen (secondary N) is 2. The van der Waals surface area contributed by atoms with E-state index in [1.165, 1.54) is 12.1 Å². The lowest BCUT2D eigenvalue weighted by Gasteiger charge is -2.15. The van der Waals surface area contributed by atoms with Gasteiger partial charge in [0.2, 0.25) is 5.95 Å². The molecule has 0 bridgehead atoms. The second-order valence-electron chi connectivity index (χ2n) is 4.89. The zero-order valence-electron chi connectivity index (χ0n) is 10.3. The van der Waals surface area contributed by atoms with Crippen LogP contribution in [0.4, 0.5) is 11.6 Å². The number of fused-ring (bicyclic) bond motifs is 1. The molecule has 2 atom stereocenters. The summed E-state index contributed by atoms with van der Waals surface area (Å²) in [5, 5.41) is 14.0. The number of H-pyrrole nitrogens is 1. The van der Waals surface area contributed by atoms with E-state index in [1.54, 1.807) is 6.07 Å². The average molecular weight is 261 g/mol. The summed E-state index contributed by atoms with van der Waals surface area (Å²) in [6.45, 7) is 0. The van der Waals surface area contributed by atoms with Crippen LogP contribution in [0, 0.1) is 10.1 Å². The number of rotatable bonds is 3. The molecule has 0 radical (unpaired) electrons. The third kappa shape index (κ3) is 2.24. The van der Waals surface area contributed by atoms with E-state index in [0.717, 1.165) is 19.3 Å². The standard InChI is InChI=1S/C12H15N5O2/c13-8-2-1-3-9(8)14-12-15-10-5-4-7(17(18)19)6-11(10)16-12/h4-6,8-9H,1-3,13H2,(H2,14,15,16). The summed E-state index contributed by atoms with van der Waals surface area (Å²) in [6, 6.07) is 4.94. The monoisotopic (exact) mass is 261 g/mol. The topological polar surface area (TPSA) is 110 Å². The highest BCUT2D eigenvalue weighted by molar-refractivity contribution is 5.79. The molecule has 100 valence electrons. The minimum absolute atomic E-state index is 0.0558. The van der Waals surface area contributed by atoms with Crippen molar-refractivity contribution in [2.24, 2.45) is 5.73 Å². The second-order valence-corrected chi connectivity index (χ2v) is 4.89. The van der Waals surface area contributed by atoms with Gasteiger partial charge in [0.05, 0.1) is 16.0 Å². The number of hydrogen-bond acceptors (Lipinski definition) is 5. The van der Waals surface area contributed by atoms with E-state index in [0.29, 0.717) is 17.0 Å². The van der Waals surface area contributed by atoms with Crippen LogP contribution in [0.1, 0.15) is 19.3 Å². The molecular weight excluding hydrogens is 246 g/mol. The smallest absolute Gasteiger partial charge is 0.271 e. The molecule has 1 fully saturated rings. The number of aromatic nitrogens is 2. The summed E-state index contributed by atoms with van der Waals surface area (Å²) < 4.78 is 0. The van der Waals surface area contributed by atoms with Crippen LogP contribution in [0.3, 0.4) is 0 Å². The van der Waals surface area contributed by atoms with Crippen molar-refractivity contribution >= 4 is 22.7 Å². The molecule has 0 aliphatic heterocycles. The molecule has 1 aliphatic rings. The van der Waals surface area contributed by atoms with E-state index in [-0.39, 0.29) is 17.8 Å². The number of anilines is 1. The molecule has 2 unspecified atom stereocenters. The van der Waals surface area contributed by atoms with Crippen molar-refractivity contribution in [2.75, 3.05) is 5.32 Å². The molecule has 19 heavy (non-hydrogen) atoms. The number of nitrogens with zero attached hydrogens (tertiary/aromatic N) is 2. The van der Waals surface area contributed by atoms with Gasteiger partial charge in [-0.25, -0.2) is 4.98 Å². The SMILES string of the molecule is NC1CCCC1Nc1nc2ccc([N+](=O)[O-])cc2[nH]1. The summed E-state index contributed by atoms with van der Waals surface area (Å²) in [4.78, 5) is 17.7. The predicted molar refractivity (Wildman–Crippen MR) is 72.0 cm³/mol. The van der Waals surface area contributed by atoms with Crippen molar-refractivity contribution in [1.29, 1.82) is 0 Å². The van der Waals surface area contributed by atoms with Crippen LogP contribution in [0.25, 0.3) is 11.0 Å². The molecule has 0 saturated heterocycles. The molecule has 7 heteroatoms. The Balaban J connectivity index is 1.87. The fourth-order valence-corrected chi connectivity index (χ4v) is 2.52. The van der Waals surface area contributed by atoms with Crippen LogP contribution in [0.2, 0.25) is 0 Å². The van der Waals surface area contributed by atoms with Crippen molar-refractivity contribution in [3.8, 4) is 0 Å². The first-order valence-corrected chi connectivity index (χ1v) is 6.30. The summed E-state index contributed by atoms with van der Waals surface area (Å²) in [5.74, 6) is 0.623. The number of imidazole rings is 1. The Labute approximate surface area is 109 Å². The first kappa shape index (κ1) is 11.9. The van der Waals surface area contributed by atoms with E-state index in [2.05, 4.69) is 15.3 Å². The van der Waals surface area contributed by atoms with Crippen molar-refractivity contribution < 1.29 is 4.92 Å². The van der Waals surface area contributed by atoms with Crippen molar-refractivity contribution in [1.82, 2.24) is 9.97 Å². The minimum atomic E-state index is -0.416. The van der Waals surface area contributed by atoms with Gasteiger partial charge in [-0.1, -0.05) is 0 Å². The highest BCUT2D eigenvalue weighted by Crippen LogP contribution is 2.24. The van der Waals surface area contributed by atoms with Crippen LogP contribution in [0.5, 0.6) is 0 Å². The number of aromatic amines is 1. The van der Waals surface area contributed by atoms with Gasteiger partial charge in [0, 0.05) is 24.2 Å². The molecule has 1 aromatic heterocycles. The van der Waals surface area contributed by atoms with Crippen LogP contribution in [0.15, 0.2) is 18.2 Å². The van der Waals surface area contributed by atoms with Gasteiger partial charge in [-0.2, -0.15) is 0 Å². The molecule has 1 heterocycles. The fourth-order valence-electron chi connectivity index (χ4n) is 2.52. The summed E-state index contributed by atoms with van der Waals surface area (Å²) in [6.07, 6.45) is 3.16. The zero-order chi connectivity index (χ0) is 13.4. The van der Waals surface area contributed by atoms with Gasteiger partial charge in [-0.15, -0.1) is 0 Å². The highest BCUT2D eigenvalue weighted by Gasteiger charge is 2.24. The number of nitro groups is 1. The first-order valence-electron chi connectivity index (χ1n) is 6.30. The first-order chi connectivity index (χ1) is 9.13. The Morgan fingerprint density at radius 2 is 2.32 bits per heavy atom. The Morgan fingerprint density at radius 1 is 1.47 bits per heavy atom. The zero-order valence-corrected chi connectivity index (χ0v) is 10.3. The van der Waals surface area contributed by atoms with E-state index in [4.69, 9.17) is 5.73 Å². The van der Waals surface area contributed by atoms with Crippen molar-refractivity contribution in [2.45, 2.75) is 31.3 Å². The van der Waals surface area contributed by atoms with Crippen molar-refractivity contribution in [3.05, 3.63) is 28.3 Å². The maximum absolute atomic E-state index is 10.7. The number of nitro benzene ring substituents is 1. The average Bonchev–Trinajstić information content (AvgIpc) is 2.95. The normalized spacial score (nSPS) is 22.8. The molecular formula is C12H15N5O2. The molecule has 0 spiro atoms. The third-order valence-electron chi connectivity index (χ3n) is 3.57. The number of hydrogen-bond donors (Lipinski definition) is 3. The Hall–Kier alpha value is -2.15. The Kier molecular flexibility index (Phi) is 2.83. The highest BCUT2D eigenvalue weighted by atomic mass is 16.6.